The molecule has 0 amide bonds. The van der Waals surface area contributed by atoms with Gasteiger partial charge < -0.3 is 13.9 Å². The summed E-state index contributed by atoms with van der Waals surface area (Å²) in [5, 5.41) is 0. The van der Waals surface area contributed by atoms with Gasteiger partial charge in [0.1, 0.15) is 17.1 Å². The average Bonchev–Trinajstić information content (AvgIpc) is 3.16. The molecule has 32 heavy (non-hydrogen) atoms. The minimum absolute atomic E-state index is 0.418. The fourth-order valence-electron chi connectivity index (χ4n) is 4.43. The lowest BCUT2D eigenvalue weighted by atomic mass is 9.88. The number of fused-ring (bicyclic) bond motifs is 2. The number of carbonyl (C=O) groups is 1. The van der Waals surface area contributed by atoms with Crippen molar-refractivity contribution in [1.82, 2.24) is 14.4 Å². The second kappa shape index (κ2) is 8.30. The number of hydrogen-bond acceptors (Lipinski definition) is 5. The Hall–Kier alpha value is -3.93. The van der Waals surface area contributed by atoms with Crippen molar-refractivity contribution in [1.29, 1.82) is 0 Å². The van der Waals surface area contributed by atoms with Crippen molar-refractivity contribution >= 4 is 23.1 Å². The molecule has 3 heterocycles. The summed E-state index contributed by atoms with van der Waals surface area (Å²) < 4.78 is 12.8. The van der Waals surface area contributed by atoms with E-state index in [4.69, 9.17) is 9.47 Å². The highest BCUT2D eigenvalue weighted by Crippen LogP contribution is 2.41. The van der Waals surface area contributed by atoms with Crippen LogP contribution in [0.3, 0.4) is 0 Å². The van der Waals surface area contributed by atoms with Gasteiger partial charge in [0, 0.05) is 24.7 Å². The molecule has 0 atom stereocenters. The van der Waals surface area contributed by atoms with E-state index in [1.165, 1.54) is 16.7 Å². The molecular weight excluding hydrogens is 402 g/mol. The molecular formula is C26H23N3O3. The first-order valence-electron chi connectivity index (χ1n) is 10.6. The van der Waals surface area contributed by atoms with Crippen molar-refractivity contribution < 1.29 is 14.3 Å². The molecule has 1 aliphatic rings. The number of aromatic nitrogens is 3. The maximum absolute atomic E-state index is 11.2. The Morgan fingerprint density at radius 3 is 2.72 bits per heavy atom. The second-order valence-corrected chi connectivity index (χ2v) is 7.78. The fourth-order valence-corrected chi connectivity index (χ4v) is 4.43. The molecule has 4 aromatic rings. The van der Waals surface area contributed by atoms with Crippen LogP contribution in [0, 0.1) is 0 Å². The van der Waals surface area contributed by atoms with Gasteiger partial charge in [-0.1, -0.05) is 6.07 Å². The molecule has 0 radical (unpaired) electrons. The van der Waals surface area contributed by atoms with E-state index < -0.39 is 0 Å². The van der Waals surface area contributed by atoms with E-state index in [-0.39, 0.29) is 0 Å². The molecule has 160 valence electrons. The number of allylic oxidation sites excluding steroid dienone is 1. The SMILES string of the molecule is COc1ccc2c(c1)CCCC(c1ccnc(OC)c1)=C2c1ccn2cc(C=O)nc2c1. The molecule has 0 bridgehead atoms. The molecule has 0 fully saturated rings. The van der Waals surface area contributed by atoms with Crippen molar-refractivity contribution in [3.05, 3.63) is 89.0 Å². The number of benzene rings is 1. The molecule has 1 aromatic carbocycles. The third kappa shape index (κ3) is 3.54. The number of ether oxygens (including phenoxy) is 2. The van der Waals surface area contributed by atoms with E-state index in [9.17, 15) is 4.79 Å². The molecule has 1 aliphatic carbocycles. The van der Waals surface area contributed by atoms with Crippen LogP contribution in [0.2, 0.25) is 0 Å². The second-order valence-electron chi connectivity index (χ2n) is 7.78. The number of hydrogen-bond donors (Lipinski definition) is 0. The van der Waals surface area contributed by atoms with Crippen LogP contribution in [-0.4, -0.2) is 34.9 Å². The summed E-state index contributed by atoms with van der Waals surface area (Å²) in [4.78, 5) is 19.9. The largest absolute Gasteiger partial charge is 0.497 e. The highest BCUT2D eigenvalue weighted by molar-refractivity contribution is 6.00. The van der Waals surface area contributed by atoms with Gasteiger partial charge in [-0.05, 0) is 83.0 Å². The Bertz CT molecular complexity index is 1350. The number of nitrogens with zero attached hydrogens (tertiary/aromatic N) is 3. The van der Waals surface area contributed by atoms with Crippen LogP contribution in [-0.2, 0) is 6.42 Å². The zero-order valence-corrected chi connectivity index (χ0v) is 18.0. The van der Waals surface area contributed by atoms with Gasteiger partial charge in [0.05, 0.1) is 14.2 Å². The molecule has 0 saturated carbocycles. The lowest BCUT2D eigenvalue weighted by Crippen LogP contribution is -1.98. The molecule has 6 nitrogen and oxygen atoms in total. The van der Waals surface area contributed by atoms with Gasteiger partial charge in [-0.3, -0.25) is 4.79 Å². The van der Waals surface area contributed by atoms with E-state index in [0.717, 1.165) is 53.6 Å². The average molecular weight is 425 g/mol. The maximum atomic E-state index is 11.2. The first kappa shape index (κ1) is 20.0. The van der Waals surface area contributed by atoms with Crippen molar-refractivity contribution in [2.24, 2.45) is 0 Å². The summed E-state index contributed by atoms with van der Waals surface area (Å²) >= 11 is 0. The maximum Gasteiger partial charge on any atom is 0.213 e. The summed E-state index contributed by atoms with van der Waals surface area (Å²) in [6.07, 6.45) is 9.14. The third-order valence-electron chi connectivity index (χ3n) is 5.94. The van der Waals surface area contributed by atoms with Gasteiger partial charge in [0.15, 0.2) is 6.29 Å². The monoisotopic (exact) mass is 425 g/mol. The lowest BCUT2D eigenvalue weighted by Gasteiger charge is -2.17. The van der Waals surface area contributed by atoms with Crippen molar-refractivity contribution in [3.8, 4) is 11.6 Å². The van der Waals surface area contributed by atoms with Gasteiger partial charge in [0.2, 0.25) is 5.88 Å². The Kier molecular flexibility index (Phi) is 5.19. The molecule has 3 aromatic heterocycles. The third-order valence-corrected chi connectivity index (χ3v) is 5.94. The van der Waals surface area contributed by atoms with Crippen LogP contribution in [0.1, 0.15) is 45.6 Å². The highest BCUT2D eigenvalue weighted by atomic mass is 16.5. The van der Waals surface area contributed by atoms with Crippen LogP contribution in [0.5, 0.6) is 11.6 Å². The zero-order chi connectivity index (χ0) is 22.1. The smallest absolute Gasteiger partial charge is 0.213 e. The van der Waals surface area contributed by atoms with Crippen molar-refractivity contribution in [2.45, 2.75) is 19.3 Å². The fraction of sp³-hybridized carbons (Fsp3) is 0.192. The Labute approximate surface area is 186 Å². The summed E-state index contributed by atoms with van der Waals surface area (Å²) in [5.74, 6) is 1.45. The van der Waals surface area contributed by atoms with Crippen molar-refractivity contribution in [2.75, 3.05) is 14.2 Å². The predicted molar refractivity (Wildman–Crippen MR) is 123 cm³/mol. The lowest BCUT2D eigenvalue weighted by molar-refractivity contribution is 0.111. The number of carbonyl (C=O) groups excluding carboxylic acids is 1. The van der Waals surface area contributed by atoms with E-state index in [1.807, 2.05) is 34.9 Å². The van der Waals surface area contributed by atoms with E-state index in [2.05, 4.69) is 28.2 Å². The molecule has 6 heteroatoms. The predicted octanol–water partition coefficient (Wildman–Crippen LogP) is 4.85. The highest BCUT2D eigenvalue weighted by Gasteiger charge is 2.21. The van der Waals surface area contributed by atoms with Gasteiger partial charge in [-0.15, -0.1) is 0 Å². The van der Waals surface area contributed by atoms with Crippen LogP contribution >= 0.6 is 0 Å². The molecule has 0 saturated heterocycles. The number of aldehydes is 1. The van der Waals surface area contributed by atoms with Crippen LogP contribution in [0.4, 0.5) is 0 Å². The van der Waals surface area contributed by atoms with Crippen LogP contribution < -0.4 is 9.47 Å². The Morgan fingerprint density at radius 2 is 1.91 bits per heavy atom. The topological polar surface area (TPSA) is 65.7 Å². The Morgan fingerprint density at radius 1 is 1.00 bits per heavy atom. The normalized spacial score (nSPS) is 13.6. The molecule has 0 spiro atoms. The first-order chi connectivity index (χ1) is 15.7. The summed E-state index contributed by atoms with van der Waals surface area (Å²) in [7, 11) is 3.33. The number of methoxy groups -OCH3 is 2. The van der Waals surface area contributed by atoms with E-state index in [0.29, 0.717) is 11.6 Å². The number of pyridine rings is 2. The molecule has 0 N–H and O–H groups in total. The molecule has 5 rings (SSSR count). The summed E-state index contributed by atoms with van der Waals surface area (Å²) in [5.41, 5.74) is 8.14. The quantitative estimate of drug-likeness (QED) is 0.428. The minimum atomic E-state index is 0.418. The number of imidazole rings is 1. The summed E-state index contributed by atoms with van der Waals surface area (Å²) in [6, 6.07) is 14.4. The number of rotatable bonds is 5. The van der Waals surface area contributed by atoms with E-state index in [1.54, 1.807) is 26.6 Å². The van der Waals surface area contributed by atoms with Gasteiger partial charge in [0.25, 0.3) is 0 Å². The summed E-state index contributed by atoms with van der Waals surface area (Å²) in [6.45, 7) is 0. The van der Waals surface area contributed by atoms with Gasteiger partial charge >= 0.3 is 0 Å². The number of aryl methyl sites for hydroxylation is 1. The first-order valence-corrected chi connectivity index (χ1v) is 10.6. The minimum Gasteiger partial charge on any atom is -0.497 e. The molecule has 0 unspecified atom stereocenters. The van der Waals surface area contributed by atoms with E-state index >= 15 is 0 Å². The Balaban J connectivity index is 1.79. The standard InChI is InChI=1S/C26H23N3O3/c1-31-21-6-7-23-17(12-21)4-3-5-22(18-8-10-27-25(14-18)32-2)26(23)19-9-11-29-15-20(16-30)28-24(29)13-19/h6-16H,3-5H2,1-2H3. The van der Waals surface area contributed by atoms with Gasteiger partial charge in [-0.2, -0.15) is 0 Å². The zero-order valence-electron chi connectivity index (χ0n) is 18.0. The van der Waals surface area contributed by atoms with Crippen LogP contribution in [0.25, 0.3) is 16.8 Å². The van der Waals surface area contributed by atoms with Gasteiger partial charge in [-0.25, -0.2) is 9.97 Å². The molecule has 0 aliphatic heterocycles. The van der Waals surface area contributed by atoms with Crippen molar-refractivity contribution in [3.63, 3.8) is 0 Å². The van der Waals surface area contributed by atoms with Crippen LogP contribution in [0.15, 0.2) is 61.1 Å².